The number of halogens is 1. The Labute approximate surface area is 158 Å². The van der Waals surface area contributed by atoms with E-state index in [4.69, 9.17) is 21.6 Å². The molecule has 4 nitrogen and oxygen atoms in total. The van der Waals surface area contributed by atoms with Gasteiger partial charge in [0.15, 0.2) is 0 Å². The summed E-state index contributed by atoms with van der Waals surface area (Å²) in [6.07, 6.45) is 4.85. The summed E-state index contributed by atoms with van der Waals surface area (Å²) in [6.45, 7) is 4.55. The molecule has 5 heteroatoms. The van der Waals surface area contributed by atoms with Crippen molar-refractivity contribution in [1.29, 1.82) is 5.26 Å². The number of carbonyl (C=O) groups excluding carboxylic acids is 1. The van der Waals surface area contributed by atoms with Gasteiger partial charge in [0.25, 0.3) is 0 Å². The van der Waals surface area contributed by atoms with E-state index in [1.165, 1.54) is 6.08 Å². The molecule has 2 aromatic rings. The zero-order chi connectivity index (χ0) is 18.9. The molecule has 2 rings (SSSR count). The van der Waals surface area contributed by atoms with Crippen molar-refractivity contribution >= 4 is 23.6 Å². The summed E-state index contributed by atoms with van der Waals surface area (Å²) in [6, 6.07) is 14.4. The van der Waals surface area contributed by atoms with Gasteiger partial charge in [0, 0.05) is 29.8 Å². The Morgan fingerprint density at radius 2 is 2.04 bits per heavy atom. The first-order chi connectivity index (χ1) is 12.6. The summed E-state index contributed by atoms with van der Waals surface area (Å²) in [5, 5.41) is 9.43. The fraction of sp³-hybridized carbons (Fsp3) is 0.143. The van der Waals surface area contributed by atoms with E-state index < -0.39 is 0 Å². The lowest BCUT2D eigenvalue weighted by atomic mass is 10.1. The first kappa shape index (κ1) is 19.3. The molecule has 0 N–H and O–H groups in total. The predicted octanol–water partition coefficient (Wildman–Crippen LogP) is 4.45. The Balaban J connectivity index is 2.16. The van der Waals surface area contributed by atoms with Crippen LogP contribution >= 0.6 is 11.6 Å². The van der Waals surface area contributed by atoms with E-state index >= 15 is 0 Å². The van der Waals surface area contributed by atoms with Crippen molar-refractivity contribution in [2.45, 2.75) is 6.54 Å². The summed E-state index contributed by atoms with van der Waals surface area (Å²) in [7, 11) is 1.57. The number of hydrogen-bond acceptors (Lipinski definition) is 3. The lowest BCUT2D eigenvalue weighted by Crippen LogP contribution is -2.29. The highest BCUT2D eigenvalue weighted by Gasteiger charge is 2.10. The van der Waals surface area contributed by atoms with Gasteiger partial charge in [-0.3, -0.25) is 4.79 Å². The van der Waals surface area contributed by atoms with Gasteiger partial charge in [0.2, 0.25) is 5.91 Å². The van der Waals surface area contributed by atoms with E-state index in [-0.39, 0.29) is 5.91 Å². The smallest absolute Gasteiger partial charge is 0.247 e. The molecule has 0 heterocycles. The summed E-state index contributed by atoms with van der Waals surface area (Å²) >= 11 is 6.01. The van der Waals surface area contributed by atoms with E-state index in [0.29, 0.717) is 29.4 Å². The lowest BCUT2D eigenvalue weighted by molar-refractivity contribution is -0.126. The molecule has 0 radical (unpaired) electrons. The summed E-state index contributed by atoms with van der Waals surface area (Å²) in [4.78, 5) is 14.2. The van der Waals surface area contributed by atoms with E-state index in [9.17, 15) is 4.79 Å². The van der Waals surface area contributed by atoms with Crippen LogP contribution in [0.2, 0.25) is 5.02 Å². The van der Waals surface area contributed by atoms with Crippen LogP contribution in [-0.2, 0) is 11.3 Å². The summed E-state index contributed by atoms with van der Waals surface area (Å²) < 4.78 is 5.28. The predicted molar refractivity (Wildman–Crippen MR) is 104 cm³/mol. The van der Waals surface area contributed by atoms with Crippen molar-refractivity contribution in [3.05, 3.63) is 82.9 Å². The summed E-state index contributed by atoms with van der Waals surface area (Å²) in [5.41, 5.74) is 2.25. The van der Waals surface area contributed by atoms with Gasteiger partial charge in [-0.15, -0.1) is 6.58 Å². The number of amides is 1. The molecule has 0 aliphatic rings. The Bertz CT molecular complexity index is 851. The SMILES string of the molecule is C=CCN(Cc1ccc(C#N)cc1)C(=O)/C=C/c1cc(Cl)ccc1OC. The highest BCUT2D eigenvalue weighted by Crippen LogP contribution is 2.24. The second-order valence-corrected chi connectivity index (χ2v) is 5.97. The van der Waals surface area contributed by atoms with Gasteiger partial charge in [0.05, 0.1) is 18.7 Å². The van der Waals surface area contributed by atoms with Crippen LogP contribution in [0.1, 0.15) is 16.7 Å². The number of hydrogen-bond donors (Lipinski definition) is 0. The Hall–Kier alpha value is -3.03. The topological polar surface area (TPSA) is 53.3 Å². The number of methoxy groups -OCH3 is 1. The van der Waals surface area contributed by atoms with Gasteiger partial charge in [-0.2, -0.15) is 5.26 Å². The van der Waals surface area contributed by atoms with Gasteiger partial charge < -0.3 is 9.64 Å². The minimum absolute atomic E-state index is 0.156. The van der Waals surface area contributed by atoms with Crippen molar-refractivity contribution in [1.82, 2.24) is 4.90 Å². The fourth-order valence-electron chi connectivity index (χ4n) is 2.40. The quantitative estimate of drug-likeness (QED) is 0.537. The van der Waals surface area contributed by atoms with Gasteiger partial charge >= 0.3 is 0 Å². The molecule has 26 heavy (non-hydrogen) atoms. The molecule has 0 bridgehead atoms. The number of ether oxygens (including phenoxy) is 1. The number of rotatable bonds is 7. The second-order valence-electron chi connectivity index (χ2n) is 5.54. The minimum Gasteiger partial charge on any atom is -0.496 e. The Morgan fingerprint density at radius 1 is 1.31 bits per heavy atom. The third-order valence-electron chi connectivity index (χ3n) is 3.71. The highest BCUT2D eigenvalue weighted by molar-refractivity contribution is 6.30. The maximum atomic E-state index is 12.6. The van der Waals surface area contributed by atoms with Crippen molar-refractivity contribution in [3.8, 4) is 11.8 Å². The Morgan fingerprint density at radius 3 is 2.65 bits per heavy atom. The molecule has 132 valence electrons. The van der Waals surface area contributed by atoms with Gasteiger partial charge in [0.1, 0.15) is 5.75 Å². The molecule has 2 aromatic carbocycles. The molecular formula is C21H19ClN2O2. The van der Waals surface area contributed by atoms with E-state index in [0.717, 1.165) is 11.1 Å². The number of carbonyl (C=O) groups is 1. The largest absolute Gasteiger partial charge is 0.496 e. The van der Waals surface area contributed by atoms with E-state index in [1.807, 2.05) is 12.1 Å². The third-order valence-corrected chi connectivity index (χ3v) is 3.95. The van der Waals surface area contributed by atoms with Crippen LogP contribution in [0.25, 0.3) is 6.08 Å². The first-order valence-electron chi connectivity index (χ1n) is 7.98. The molecule has 0 saturated carbocycles. The molecule has 0 spiro atoms. The average molecular weight is 367 g/mol. The third kappa shape index (κ3) is 5.23. The molecule has 0 aliphatic heterocycles. The summed E-state index contributed by atoms with van der Waals surface area (Å²) in [5.74, 6) is 0.483. The van der Waals surface area contributed by atoms with E-state index in [1.54, 1.807) is 54.5 Å². The molecular weight excluding hydrogens is 348 g/mol. The van der Waals surface area contributed by atoms with Crippen molar-refractivity contribution in [3.63, 3.8) is 0 Å². The number of nitriles is 1. The monoisotopic (exact) mass is 366 g/mol. The van der Waals surface area contributed by atoms with Crippen LogP contribution in [0.3, 0.4) is 0 Å². The molecule has 0 unspecified atom stereocenters. The van der Waals surface area contributed by atoms with Crippen LogP contribution in [0.4, 0.5) is 0 Å². The maximum absolute atomic E-state index is 12.6. The van der Waals surface area contributed by atoms with Gasteiger partial charge in [-0.25, -0.2) is 0 Å². The normalized spacial score (nSPS) is 10.3. The zero-order valence-corrected chi connectivity index (χ0v) is 15.2. The maximum Gasteiger partial charge on any atom is 0.247 e. The Kier molecular flexibility index (Phi) is 7.02. The highest BCUT2D eigenvalue weighted by atomic mass is 35.5. The second kappa shape index (κ2) is 9.45. The van der Waals surface area contributed by atoms with Crippen LogP contribution < -0.4 is 4.74 Å². The molecule has 1 amide bonds. The molecule has 0 aromatic heterocycles. The molecule has 0 aliphatic carbocycles. The number of benzene rings is 2. The molecule has 0 saturated heterocycles. The van der Waals surface area contributed by atoms with Crippen LogP contribution in [-0.4, -0.2) is 24.5 Å². The van der Waals surface area contributed by atoms with Gasteiger partial charge in [-0.05, 0) is 42.0 Å². The first-order valence-corrected chi connectivity index (χ1v) is 8.35. The van der Waals surface area contributed by atoms with Crippen molar-refractivity contribution in [2.24, 2.45) is 0 Å². The standard InChI is InChI=1S/C21H19ClN2O2/c1-3-12-24(15-17-6-4-16(14-23)5-7-17)21(25)11-8-18-13-19(22)9-10-20(18)26-2/h3-11,13H,1,12,15H2,2H3/b11-8+. The lowest BCUT2D eigenvalue weighted by Gasteiger charge is -2.19. The zero-order valence-electron chi connectivity index (χ0n) is 14.5. The average Bonchev–Trinajstić information content (AvgIpc) is 2.66. The minimum atomic E-state index is -0.156. The van der Waals surface area contributed by atoms with Crippen LogP contribution in [0, 0.1) is 11.3 Å². The van der Waals surface area contributed by atoms with E-state index in [2.05, 4.69) is 12.6 Å². The molecule has 0 fully saturated rings. The van der Waals surface area contributed by atoms with Gasteiger partial charge in [-0.1, -0.05) is 29.8 Å². The van der Waals surface area contributed by atoms with Crippen molar-refractivity contribution in [2.75, 3.05) is 13.7 Å². The van der Waals surface area contributed by atoms with Crippen LogP contribution in [0.15, 0.2) is 61.2 Å². The van der Waals surface area contributed by atoms with Crippen LogP contribution in [0.5, 0.6) is 5.75 Å². The fourth-order valence-corrected chi connectivity index (χ4v) is 2.58. The molecule has 0 atom stereocenters. The number of nitrogens with zero attached hydrogens (tertiary/aromatic N) is 2. The van der Waals surface area contributed by atoms with Crippen molar-refractivity contribution < 1.29 is 9.53 Å².